The minimum atomic E-state index is -0.639. The summed E-state index contributed by atoms with van der Waals surface area (Å²) in [6.45, 7) is 6.86. The van der Waals surface area contributed by atoms with Crippen molar-refractivity contribution in [3.8, 4) is 11.5 Å². The number of phenols is 2. The first-order chi connectivity index (χ1) is 16.0. The molecular formula is C28H34O6. The molecule has 0 saturated carbocycles. The van der Waals surface area contributed by atoms with E-state index in [2.05, 4.69) is 0 Å². The van der Waals surface area contributed by atoms with E-state index in [1.165, 1.54) is 12.1 Å². The zero-order chi connectivity index (χ0) is 25.3. The van der Waals surface area contributed by atoms with Gasteiger partial charge in [-0.25, -0.2) is 0 Å². The molecular weight excluding hydrogens is 432 g/mol. The van der Waals surface area contributed by atoms with Crippen LogP contribution in [0.4, 0.5) is 0 Å². The van der Waals surface area contributed by atoms with Crippen LogP contribution in [0.25, 0.3) is 0 Å². The normalized spacial score (nSPS) is 12.2. The third kappa shape index (κ3) is 4.55. The molecule has 34 heavy (non-hydrogen) atoms. The maximum absolute atomic E-state index is 10.7. The van der Waals surface area contributed by atoms with Crippen molar-refractivity contribution in [2.24, 2.45) is 0 Å². The van der Waals surface area contributed by atoms with Gasteiger partial charge in [-0.1, -0.05) is 64.1 Å². The Bertz CT molecular complexity index is 1070. The largest absolute Gasteiger partial charge is 0.508 e. The van der Waals surface area contributed by atoms with Gasteiger partial charge in [-0.3, -0.25) is 0 Å². The zero-order valence-corrected chi connectivity index (χ0v) is 20.1. The molecule has 0 amide bonds. The second-order valence-electron chi connectivity index (χ2n) is 9.76. The van der Waals surface area contributed by atoms with Crippen molar-refractivity contribution in [2.75, 3.05) is 0 Å². The summed E-state index contributed by atoms with van der Waals surface area (Å²) in [6.07, 6.45) is 0. The molecule has 0 aliphatic rings. The zero-order valence-electron chi connectivity index (χ0n) is 20.1. The van der Waals surface area contributed by atoms with Crippen molar-refractivity contribution in [1.82, 2.24) is 0 Å². The first-order valence-electron chi connectivity index (χ1n) is 11.3. The maximum atomic E-state index is 10.7. The van der Waals surface area contributed by atoms with Gasteiger partial charge in [-0.2, -0.15) is 0 Å². The van der Waals surface area contributed by atoms with Crippen LogP contribution in [0.15, 0.2) is 48.5 Å². The van der Waals surface area contributed by atoms with Crippen molar-refractivity contribution >= 4 is 0 Å². The third-order valence-electron chi connectivity index (χ3n) is 6.80. The standard InChI is InChI=1S/C28H34O6/c1-27(2,25-19(15-31)9-17(13-29)11-23(25)33)21-5-7-22(8-6-21)28(3,4)26-20(16-32)10-18(14-30)12-24(26)34/h5-12,29-34H,13-16H2,1-4H3. The van der Waals surface area contributed by atoms with E-state index >= 15 is 0 Å². The van der Waals surface area contributed by atoms with Crippen molar-refractivity contribution in [1.29, 1.82) is 0 Å². The molecule has 3 aromatic carbocycles. The van der Waals surface area contributed by atoms with E-state index in [4.69, 9.17) is 0 Å². The molecule has 6 N–H and O–H groups in total. The van der Waals surface area contributed by atoms with E-state index in [9.17, 15) is 30.6 Å². The molecule has 0 aliphatic heterocycles. The molecule has 6 heteroatoms. The Hall–Kier alpha value is -2.90. The minimum Gasteiger partial charge on any atom is -0.508 e. The molecule has 0 heterocycles. The predicted octanol–water partition coefficient (Wildman–Crippen LogP) is 3.72. The number of phenolic OH excluding ortho intramolecular Hbond substituents is 2. The lowest BCUT2D eigenvalue weighted by Gasteiger charge is -2.32. The van der Waals surface area contributed by atoms with Crippen molar-refractivity contribution < 1.29 is 30.6 Å². The molecule has 182 valence electrons. The number of hydrogen-bond acceptors (Lipinski definition) is 6. The molecule has 0 aromatic heterocycles. The lowest BCUT2D eigenvalue weighted by atomic mass is 9.72. The Balaban J connectivity index is 2.06. The molecule has 0 unspecified atom stereocenters. The Morgan fingerprint density at radius 2 is 0.853 bits per heavy atom. The lowest BCUT2D eigenvalue weighted by molar-refractivity contribution is 0.271. The molecule has 0 aliphatic carbocycles. The van der Waals surface area contributed by atoms with Crippen molar-refractivity contribution in [2.45, 2.75) is 65.0 Å². The summed E-state index contributed by atoms with van der Waals surface area (Å²) in [5, 5.41) is 60.1. The SMILES string of the molecule is CC(C)(c1ccc(C(C)(C)c2c(O)cc(CO)cc2CO)cc1)c1c(O)cc(CO)cc1CO. The van der Waals surface area contributed by atoms with Gasteiger partial charge < -0.3 is 30.6 Å². The fraction of sp³-hybridized carbons (Fsp3) is 0.357. The van der Waals surface area contributed by atoms with Crippen LogP contribution >= 0.6 is 0 Å². The topological polar surface area (TPSA) is 121 Å². The highest BCUT2D eigenvalue weighted by Gasteiger charge is 2.32. The molecule has 0 radical (unpaired) electrons. The number of benzene rings is 3. The minimum absolute atomic E-state index is 0.0199. The molecule has 0 bridgehead atoms. The maximum Gasteiger partial charge on any atom is 0.120 e. The van der Waals surface area contributed by atoms with Gasteiger partial charge in [0.2, 0.25) is 0 Å². The summed E-state index contributed by atoms with van der Waals surface area (Å²) in [5.41, 5.74) is 3.92. The average Bonchev–Trinajstić information content (AvgIpc) is 2.82. The van der Waals surface area contributed by atoms with E-state index in [-0.39, 0.29) is 37.9 Å². The van der Waals surface area contributed by atoms with Crippen LogP contribution in [-0.4, -0.2) is 30.6 Å². The number of rotatable bonds is 8. The number of aliphatic hydroxyl groups is 4. The van der Waals surface area contributed by atoms with E-state index in [0.29, 0.717) is 33.4 Å². The van der Waals surface area contributed by atoms with E-state index < -0.39 is 10.8 Å². The van der Waals surface area contributed by atoms with Crippen LogP contribution in [0.3, 0.4) is 0 Å². The van der Waals surface area contributed by atoms with Gasteiger partial charge >= 0.3 is 0 Å². The van der Waals surface area contributed by atoms with Crippen LogP contribution in [0.2, 0.25) is 0 Å². The van der Waals surface area contributed by atoms with Gasteiger partial charge in [0.1, 0.15) is 11.5 Å². The van der Waals surface area contributed by atoms with E-state index in [0.717, 1.165) is 11.1 Å². The smallest absolute Gasteiger partial charge is 0.120 e. The molecule has 0 saturated heterocycles. The summed E-state index contributed by atoms with van der Waals surface area (Å²) in [7, 11) is 0. The highest BCUT2D eigenvalue weighted by molar-refractivity contribution is 5.54. The van der Waals surface area contributed by atoms with Gasteiger partial charge in [0.15, 0.2) is 0 Å². The van der Waals surface area contributed by atoms with Crippen LogP contribution < -0.4 is 0 Å². The Morgan fingerprint density at radius 1 is 0.529 bits per heavy atom. The highest BCUT2D eigenvalue weighted by atomic mass is 16.3. The van der Waals surface area contributed by atoms with Gasteiger partial charge in [0.05, 0.1) is 26.4 Å². The number of aromatic hydroxyl groups is 2. The molecule has 6 nitrogen and oxygen atoms in total. The second kappa shape index (κ2) is 9.76. The summed E-state index contributed by atoms with van der Waals surface area (Å²) in [6, 6.07) is 14.2. The predicted molar refractivity (Wildman–Crippen MR) is 131 cm³/mol. The summed E-state index contributed by atoms with van der Waals surface area (Å²) in [5.74, 6) is 0.0398. The Labute approximate surface area is 200 Å². The Morgan fingerprint density at radius 3 is 1.12 bits per heavy atom. The molecule has 3 rings (SSSR count). The molecule has 3 aromatic rings. The van der Waals surface area contributed by atoms with Crippen LogP contribution in [0, 0.1) is 0 Å². The Kier molecular flexibility index (Phi) is 7.38. The number of aliphatic hydroxyl groups excluding tert-OH is 4. The molecule has 0 spiro atoms. The number of hydrogen-bond donors (Lipinski definition) is 6. The monoisotopic (exact) mass is 466 g/mol. The first-order valence-corrected chi connectivity index (χ1v) is 11.3. The van der Waals surface area contributed by atoms with Crippen molar-refractivity contribution in [3.63, 3.8) is 0 Å². The summed E-state index contributed by atoms with van der Waals surface area (Å²) >= 11 is 0. The summed E-state index contributed by atoms with van der Waals surface area (Å²) < 4.78 is 0. The quantitative estimate of drug-likeness (QED) is 0.301. The van der Waals surface area contributed by atoms with Crippen molar-refractivity contribution in [3.05, 3.63) is 93.0 Å². The van der Waals surface area contributed by atoms with Gasteiger partial charge in [0, 0.05) is 22.0 Å². The van der Waals surface area contributed by atoms with Gasteiger partial charge in [-0.05, 0) is 45.5 Å². The lowest BCUT2D eigenvalue weighted by Crippen LogP contribution is -2.24. The van der Waals surface area contributed by atoms with E-state index in [1.807, 2.05) is 52.0 Å². The molecule has 0 atom stereocenters. The van der Waals surface area contributed by atoms with Crippen LogP contribution in [-0.2, 0) is 37.3 Å². The van der Waals surface area contributed by atoms with Gasteiger partial charge in [-0.15, -0.1) is 0 Å². The molecule has 0 fully saturated rings. The third-order valence-corrected chi connectivity index (χ3v) is 6.80. The van der Waals surface area contributed by atoms with Crippen LogP contribution in [0.5, 0.6) is 11.5 Å². The summed E-state index contributed by atoms with van der Waals surface area (Å²) in [4.78, 5) is 0. The van der Waals surface area contributed by atoms with Gasteiger partial charge in [0.25, 0.3) is 0 Å². The second-order valence-corrected chi connectivity index (χ2v) is 9.76. The highest BCUT2D eigenvalue weighted by Crippen LogP contribution is 2.43. The fourth-order valence-electron chi connectivity index (χ4n) is 4.97. The van der Waals surface area contributed by atoms with Crippen LogP contribution in [0.1, 0.15) is 72.2 Å². The fourth-order valence-corrected chi connectivity index (χ4v) is 4.97. The average molecular weight is 467 g/mol. The van der Waals surface area contributed by atoms with E-state index in [1.54, 1.807) is 12.1 Å². The first kappa shape index (κ1) is 25.7.